The molecule has 0 radical (unpaired) electrons. The molecule has 0 saturated carbocycles. The third-order valence-corrected chi connectivity index (χ3v) is 4.92. The van der Waals surface area contributed by atoms with Gasteiger partial charge in [0.25, 0.3) is 0 Å². The maximum atomic E-state index is 8.67. The van der Waals surface area contributed by atoms with E-state index in [4.69, 9.17) is 5.11 Å². The molecule has 0 bridgehead atoms. The first kappa shape index (κ1) is 18.6. The predicted molar refractivity (Wildman–Crippen MR) is 111 cm³/mol. The second-order valence-electron chi connectivity index (χ2n) is 7.32. The van der Waals surface area contributed by atoms with Gasteiger partial charge in [0, 0.05) is 6.54 Å². The smallest absolute Gasteiger partial charge is 0.0676 e. The normalized spacial score (nSPS) is 16.3. The third-order valence-electron chi connectivity index (χ3n) is 4.92. The van der Waals surface area contributed by atoms with E-state index in [1.54, 1.807) is 0 Å². The van der Waals surface area contributed by atoms with Crippen LogP contribution in [0.3, 0.4) is 0 Å². The zero-order valence-corrected chi connectivity index (χ0v) is 15.8. The van der Waals surface area contributed by atoms with Crippen molar-refractivity contribution < 1.29 is 5.11 Å². The monoisotopic (exact) mass is 347 g/mol. The van der Waals surface area contributed by atoms with Crippen molar-refractivity contribution in [3.8, 4) is 0 Å². The first-order valence-corrected chi connectivity index (χ1v) is 9.54. The molecule has 0 spiro atoms. The number of aliphatic hydroxyl groups is 1. The minimum absolute atomic E-state index is 0.0648. The molecule has 2 N–H and O–H groups in total. The van der Waals surface area contributed by atoms with E-state index in [9.17, 15) is 0 Å². The number of hydrogen-bond acceptors (Lipinski definition) is 2. The van der Waals surface area contributed by atoms with Crippen LogP contribution in [0.5, 0.6) is 0 Å². The van der Waals surface area contributed by atoms with E-state index in [1.165, 1.54) is 33.0 Å². The second kappa shape index (κ2) is 8.98. The van der Waals surface area contributed by atoms with Gasteiger partial charge >= 0.3 is 0 Å². The van der Waals surface area contributed by atoms with Gasteiger partial charge in [0.2, 0.25) is 0 Å². The van der Waals surface area contributed by atoms with Crippen molar-refractivity contribution in [3.63, 3.8) is 0 Å². The fourth-order valence-electron chi connectivity index (χ4n) is 3.25. The Morgan fingerprint density at radius 1 is 0.808 bits per heavy atom. The molecular formula is C24H29NO. The first-order valence-electron chi connectivity index (χ1n) is 9.54. The van der Waals surface area contributed by atoms with Crippen LogP contribution in [0.2, 0.25) is 0 Å². The molecule has 2 nitrogen and oxygen atoms in total. The molecule has 4 rings (SSSR count). The summed E-state index contributed by atoms with van der Waals surface area (Å²) in [6.45, 7) is 6.06. The van der Waals surface area contributed by atoms with Crippen molar-refractivity contribution in [2.24, 2.45) is 0 Å². The molecule has 0 amide bonds. The van der Waals surface area contributed by atoms with Gasteiger partial charge in [-0.1, -0.05) is 71.8 Å². The predicted octanol–water partition coefficient (Wildman–Crippen LogP) is 4.58. The number of hydrogen-bond donors (Lipinski definition) is 2. The van der Waals surface area contributed by atoms with Crippen molar-refractivity contribution in [2.75, 3.05) is 13.1 Å². The quantitative estimate of drug-likeness (QED) is 0.727. The Bertz CT molecular complexity index is 832. The largest absolute Gasteiger partial charge is 0.392 e. The lowest BCUT2D eigenvalue weighted by Gasteiger charge is -2.05. The summed E-state index contributed by atoms with van der Waals surface area (Å²) >= 11 is 0. The summed E-state index contributed by atoms with van der Waals surface area (Å²) in [5.41, 5.74) is 5.49. The molecule has 1 fully saturated rings. The van der Waals surface area contributed by atoms with Gasteiger partial charge in [0.15, 0.2) is 0 Å². The fraction of sp³-hybridized carbons (Fsp3) is 0.333. The van der Waals surface area contributed by atoms with E-state index >= 15 is 0 Å². The zero-order valence-electron chi connectivity index (χ0n) is 15.8. The highest BCUT2D eigenvalue weighted by atomic mass is 16.3. The number of nitrogens with one attached hydrogen (secondary N) is 1. The Kier molecular flexibility index (Phi) is 6.43. The van der Waals surface area contributed by atoms with Gasteiger partial charge in [-0.05, 0) is 61.6 Å². The summed E-state index contributed by atoms with van der Waals surface area (Å²) in [4.78, 5) is 0. The van der Waals surface area contributed by atoms with E-state index in [0.29, 0.717) is 0 Å². The molecule has 3 aromatic carbocycles. The molecule has 2 heteroatoms. The number of benzene rings is 3. The second-order valence-corrected chi connectivity index (χ2v) is 7.32. The summed E-state index contributed by atoms with van der Waals surface area (Å²) in [5.74, 6) is 0. The third kappa shape index (κ3) is 5.42. The lowest BCUT2D eigenvalue weighted by atomic mass is 10.00. The van der Waals surface area contributed by atoms with Crippen molar-refractivity contribution in [3.05, 3.63) is 82.9 Å². The average molecular weight is 348 g/mol. The molecular weight excluding hydrogens is 318 g/mol. The number of aliphatic hydroxyl groups excluding tert-OH is 1. The van der Waals surface area contributed by atoms with Crippen LogP contribution < -0.4 is 5.32 Å². The molecule has 1 aliphatic heterocycles. The van der Waals surface area contributed by atoms with E-state index in [0.717, 1.165) is 32.4 Å². The summed E-state index contributed by atoms with van der Waals surface area (Å²) in [5, 5.41) is 14.4. The van der Waals surface area contributed by atoms with Crippen LogP contribution in [-0.2, 0) is 12.8 Å². The van der Waals surface area contributed by atoms with Gasteiger partial charge in [-0.15, -0.1) is 0 Å². The maximum Gasteiger partial charge on any atom is 0.0676 e. The lowest BCUT2D eigenvalue weighted by molar-refractivity contribution is 0.196. The molecule has 0 aromatic heterocycles. The van der Waals surface area contributed by atoms with Crippen molar-refractivity contribution in [2.45, 2.75) is 39.2 Å². The highest BCUT2D eigenvalue weighted by Gasteiger charge is 2.08. The molecule has 1 aliphatic rings. The van der Waals surface area contributed by atoms with E-state index in [2.05, 4.69) is 79.8 Å². The van der Waals surface area contributed by atoms with Crippen LogP contribution in [0, 0.1) is 13.8 Å². The Hall–Kier alpha value is -2.16. The van der Waals surface area contributed by atoms with Crippen LogP contribution in [0.1, 0.15) is 28.7 Å². The lowest BCUT2D eigenvalue weighted by Crippen LogP contribution is -2.11. The van der Waals surface area contributed by atoms with Crippen LogP contribution in [0.25, 0.3) is 10.8 Å². The van der Waals surface area contributed by atoms with Crippen molar-refractivity contribution in [1.29, 1.82) is 0 Å². The average Bonchev–Trinajstić information content (AvgIpc) is 3.12. The number of aryl methyl sites for hydroxylation is 4. The Morgan fingerprint density at radius 3 is 2.12 bits per heavy atom. The standard InChI is InChI=1S/C20H20.C4H9NO/c1-15-3-6-17(7-4-15)8-9-18-10-12-19-11-5-16(2)13-20(19)14-18;6-4-1-2-5-3-4/h3-7,10-14H,8-9H2,1-2H3;4-6H,1-3H2. The first-order chi connectivity index (χ1) is 12.6. The van der Waals surface area contributed by atoms with Gasteiger partial charge in [-0.3, -0.25) is 0 Å². The molecule has 136 valence electrons. The van der Waals surface area contributed by atoms with E-state index < -0.39 is 0 Å². The zero-order chi connectivity index (χ0) is 18.4. The topological polar surface area (TPSA) is 32.3 Å². The van der Waals surface area contributed by atoms with Crippen LogP contribution in [0.4, 0.5) is 0 Å². The minimum Gasteiger partial charge on any atom is -0.392 e. The molecule has 26 heavy (non-hydrogen) atoms. The minimum atomic E-state index is -0.0648. The Labute approximate surface area is 156 Å². The molecule has 3 aromatic rings. The SMILES string of the molecule is Cc1ccc(CCc2ccc3ccc(C)cc3c2)cc1.OC1CCNC1. The maximum absolute atomic E-state index is 8.67. The van der Waals surface area contributed by atoms with Crippen LogP contribution in [0.15, 0.2) is 60.7 Å². The number of rotatable bonds is 3. The van der Waals surface area contributed by atoms with Crippen LogP contribution in [-0.4, -0.2) is 24.3 Å². The van der Waals surface area contributed by atoms with Crippen molar-refractivity contribution >= 4 is 10.8 Å². The van der Waals surface area contributed by atoms with Gasteiger partial charge in [-0.25, -0.2) is 0 Å². The summed E-state index contributed by atoms with van der Waals surface area (Å²) in [7, 11) is 0. The van der Waals surface area contributed by atoms with Crippen molar-refractivity contribution in [1.82, 2.24) is 5.32 Å². The molecule has 1 saturated heterocycles. The van der Waals surface area contributed by atoms with Gasteiger partial charge in [0.1, 0.15) is 0 Å². The van der Waals surface area contributed by atoms with Gasteiger partial charge in [0.05, 0.1) is 6.10 Å². The Morgan fingerprint density at radius 2 is 1.46 bits per heavy atom. The number of fused-ring (bicyclic) bond motifs is 1. The highest BCUT2D eigenvalue weighted by molar-refractivity contribution is 5.83. The van der Waals surface area contributed by atoms with Gasteiger partial charge in [-0.2, -0.15) is 0 Å². The molecule has 0 aliphatic carbocycles. The Balaban J connectivity index is 0.000000278. The number of β-amino-alcohol motifs (C(OH)–C–C–N with tert-alkyl or cyclic N) is 1. The molecule has 1 heterocycles. The molecule has 1 unspecified atom stereocenters. The van der Waals surface area contributed by atoms with Gasteiger partial charge < -0.3 is 10.4 Å². The van der Waals surface area contributed by atoms with E-state index in [-0.39, 0.29) is 6.10 Å². The fourth-order valence-corrected chi connectivity index (χ4v) is 3.25. The molecule has 1 atom stereocenters. The van der Waals surface area contributed by atoms with Crippen LogP contribution >= 0.6 is 0 Å². The summed E-state index contributed by atoms with van der Waals surface area (Å²) in [6, 6.07) is 22.3. The summed E-state index contributed by atoms with van der Waals surface area (Å²) in [6.07, 6.45) is 3.08. The summed E-state index contributed by atoms with van der Waals surface area (Å²) < 4.78 is 0. The van der Waals surface area contributed by atoms with E-state index in [1.807, 2.05) is 0 Å². The highest BCUT2D eigenvalue weighted by Crippen LogP contribution is 2.19.